The molecule has 1 aliphatic rings. The van der Waals surface area contributed by atoms with E-state index in [1.165, 1.54) is 19.2 Å². The second-order valence-corrected chi connectivity index (χ2v) is 9.18. The van der Waals surface area contributed by atoms with Gasteiger partial charge in [0.1, 0.15) is 23.9 Å². The largest absolute Gasteiger partial charge is 0.495 e. The maximum absolute atomic E-state index is 13.3. The predicted octanol–water partition coefficient (Wildman–Crippen LogP) is 4.38. The fourth-order valence-electron chi connectivity index (χ4n) is 3.47. The molecule has 31 heavy (non-hydrogen) atoms. The fourth-order valence-corrected chi connectivity index (χ4v) is 5.12. The van der Waals surface area contributed by atoms with Gasteiger partial charge in [0.05, 0.1) is 13.2 Å². The third-order valence-electron chi connectivity index (χ3n) is 4.96. The van der Waals surface area contributed by atoms with Crippen molar-refractivity contribution >= 4 is 21.6 Å². The molecule has 0 aliphatic carbocycles. The van der Waals surface area contributed by atoms with E-state index in [-0.39, 0.29) is 10.6 Å². The SMILES string of the molecule is COc1ccc(Cl)cc1S(=O)(=O)NC(Cc1ccccc1)c1ccc2c(c1)OCCO2. The number of hydrogen-bond donors (Lipinski definition) is 1. The molecule has 1 aliphatic heterocycles. The molecule has 0 bridgehead atoms. The molecule has 0 amide bonds. The first kappa shape index (κ1) is 21.5. The molecule has 3 aromatic carbocycles. The summed E-state index contributed by atoms with van der Waals surface area (Å²) in [6.07, 6.45) is 0.447. The van der Waals surface area contributed by atoms with Crippen molar-refractivity contribution in [2.45, 2.75) is 17.4 Å². The summed E-state index contributed by atoms with van der Waals surface area (Å²) < 4.78 is 46.0. The van der Waals surface area contributed by atoms with E-state index >= 15 is 0 Å². The van der Waals surface area contributed by atoms with Gasteiger partial charge < -0.3 is 14.2 Å². The standard InChI is InChI=1S/C23H22ClNO5S/c1-28-21-10-8-18(24)15-23(21)31(26,27)25-19(13-16-5-3-2-4-6-16)17-7-9-20-22(14-17)30-12-11-29-20/h2-10,14-15,19,25H,11-13H2,1H3. The number of fused-ring (bicyclic) bond motifs is 1. The molecule has 1 atom stereocenters. The second-order valence-electron chi connectivity index (χ2n) is 7.06. The van der Waals surface area contributed by atoms with Gasteiger partial charge in [0.2, 0.25) is 10.0 Å². The van der Waals surface area contributed by atoms with Crippen LogP contribution < -0.4 is 18.9 Å². The first-order chi connectivity index (χ1) is 15.0. The molecule has 6 nitrogen and oxygen atoms in total. The van der Waals surface area contributed by atoms with Crippen molar-refractivity contribution in [2.75, 3.05) is 20.3 Å². The zero-order chi connectivity index (χ0) is 21.8. The summed E-state index contributed by atoms with van der Waals surface area (Å²) in [5.74, 6) is 1.46. The molecule has 1 unspecified atom stereocenters. The van der Waals surface area contributed by atoms with Gasteiger partial charge in [-0.3, -0.25) is 0 Å². The van der Waals surface area contributed by atoms with Crippen molar-refractivity contribution in [1.29, 1.82) is 0 Å². The van der Waals surface area contributed by atoms with Gasteiger partial charge in [0.15, 0.2) is 11.5 Å². The highest BCUT2D eigenvalue weighted by atomic mass is 35.5. The maximum Gasteiger partial charge on any atom is 0.244 e. The van der Waals surface area contributed by atoms with Gasteiger partial charge in [0.25, 0.3) is 0 Å². The molecule has 0 saturated heterocycles. The highest BCUT2D eigenvalue weighted by Gasteiger charge is 2.26. The van der Waals surface area contributed by atoms with Crippen molar-refractivity contribution in [1.82, 2.24) is 4.72 Å². The summed E-state index contributed by atoms with van der Waals surface area (Å²) in [7, 11) is -2.52. The molecule has 0 saturated carbocycles. The molecule has 0 aromatic heterocycles. The van der Waals surface area contributed by atoms with Crippen molar-refractivity contribution in [3.63, 3.8) is 0 Å². The second kappa shape index (κ2) is 9.18. The molecule has 0 spiro atoms. The summed E-state index contributed by atoms with van der Waals surface area (Å²) >= 11 is 6.06. The minimum absolute atomic E-state index is 0.0156. The van der Waals surface area contributed by atoms with Crippen molar-refractivity contribution in [3.8, 4) is 17.2 Å². The molecule has 8 heteroatoms. The van der Waals surface area contributed by atoms with Crippen LogP contribution in [-0.2, 0) is 16.4 Å². The Labute approximate surface area is 186 Å². The molecule has 162 valence electrons. The number of sulfonamides is 1. The molecular formula is C23H22ClNO5S. The van der Waals surface area contributed by atoms with E-state index in [0.717, 1.165) is 11.1 Å². The molecular weight excluding hydrogens is 438 g/mol. The zero-order valence-electron chi connectivity index (χ0n) is 16.9. The molecule has 1 N–H and O–H groups in total. The van der Waals surface area contributed by atoms with Gasteiger partial charge in [0, 0.05) is 5.02 Å². The quantitative estimate of drug-likeness (QED) is 0.567. The highest BCUT2D eigenvalue weighted by Crippen LogP contribution is 2.35. The van der Waals surface area contributed by atoms with Crippen LogP contribution in [0.1, 0.15) is 17.2 Å². The van der Waals surface area contributed by atoms with Crippen LogP contribution >= 0.6 is 11.6 Å². The Hall–Kier alpha value is -2.74. The zero-order valence-corrected chi connectivity index (χ0v) is 18.4. The van der Waals surface area contributed by atoms with Crippen LogP contribution in [0.15, 0.2) is 71.6 Å². The molecule has 3 aromatic rings. The number of halogens is 1. The minimum atomic E-state index is -3.95. The summed E-state index contributed by atoms with van der Waals surface area (Å²) in [6.45, 7) is 0.937. The Morgan fingerprint density at radius 3 is 2.48 bits per heavy atom. The van der Waals surface area contributed by atoms with Crippen molar-refractivity contribution in [2.24, 2.45) is 0 Å². The fraction of sp³-hybridized carbons (Fsp3) is 0.217. The number of rotatable bonds is 7. The monoisotopic (exact) mass is 459 g/mol. The predicted molar refractivity (Wildman–Crippen MR) is 119 cm³/mol. The topological polar surface area (TPSA) is 73.9 Å². The Bertz CT molecular complexity index is 1170. The summed E-state index contributed by atoms with van der Waals surface area (Å²) in [4.78, 5) is -0.0156. The van der Waals surface area contributed by atoms with Gasteiger partial charge in [-0.15, -0.1) is 0 Å². The van der Waals surface area contributed by atoms with Gasteiger partial charge in [-0.25, -0.2) is 13.1 Å². The third kappa shape index (κ3) is 4.95. The van der Waals surface area contributed by atoms with Gasteiger partial charge >= 0.3 is 0 Å². The number of nitrogens with one attached hydrogen (secondary N) is 1. The molecule has 1 heterocycles. The number of hydrogen-bond acceptors (Lipinski definition) is 5. The Kier molecular flexibility index (Phi) is 6.36. The number of methoxy groups -OCH3 is 1. The molecule has 0 fully saturated rings. The van der Waals surface area contributed by atoms with E-state index in [0.29, 0.717) is 36.2 Å². The average Bonchev–Trinajstić information content (AvgIpc) is 2.79. The van der Waals surface area contributed by atoms with E-state index in [1.54, 1.807) is 12.1 Å². The van der Waals surface area contributed by atoms with Crippen LogP contribution in [0.3, 0.4) is 0 Å². The summed E-state index contributed by atoms with van der Waals surface area (Å²) in [5, 5.41) is 0.306. The summed E-state index contributed by atoms with van der Waals surface area (Å²) in [5.41, 5.74) is 1.75. The van der Waals surface area contributed by atoms with E-state index in [4.69, 9.17) is 25.8 Å². The lowest BCUT2D eigenvalue weighted by atomic mass is 9.99. The van der Waals surface area contributed by atoms with E-state index in [2.05, 4.69) is 4.72 Å². The Morgan fingerprint density at radius 1 is 1.00 bits per heavy atom. The molecule has 0 radical (unpaired) electrons. The average molecular weight is 460 g/mol. The minimum Gasteiger partial charge on any atom is -0.495 e. The maximum atomic E-state index is 13.3. The van der Waals surface area contributed by atoms with Crippen molar-refractivity contribution in [3.05, 3.63) is 82.9 Å². The van der Waals surface area contributed by atoms with Gasteiger partial charge in [-0.2, -0.15) is 0 Å². The lowest BCUT2D eigenvalue weighted by Crippen LogP contribution is -2.30. The highest BCUT2D eigenvalue weighted by molar-refractivity contribution is 7.89. The van der Waals surface area contributed by atoms with Crippen LogP contribution in [0.4, 0.5) is 0 Å². The van der Waals surface area contributed by atoms with Crippen LogP contribution in [0.25, 0.3) is 0 Å². The van der Waals surface area contributed by atoms with E-state index in [1.807, 2.05) is 42.5 Å². The molecule has 4 rings (SSSR count). The van der Waals surface area contributed by atoms with E-state index in [9.17, 15) is 8.42 Å². The lowest BCUT2D eigenvalue weighted by Gasteiger charge is -2.23. The smallest absolute Gasteiger partial charge is 0.244 e. The summed E-state index contributed by atoms with van der Waals surface area (Å²) in [6, 6.07) is 19.1. The van der Waals surface area contributed by atoms with Gasteiger partial charge in [-0.05, 0) is 47.9 Å². The normalized spacial score (nSPS) is 14.1. The number of benzene rings is 3. The van der Waals surface area contributed by atoms with Gasteiger partial charge in [-0.1, -0.05) is 48.0 Å². The van der Waals surface area contributed by atoms with Crippen LogP contribution in [0, 0.1) is 0 Å². The Balaban J connectivity index is 1.72. The van der Waals surface area contributed by atoms with E-state index < -0.39 is 16.1 Å². The first-order valence-electron chi connectivity index (χ1n) is 9.75. The van der Waals surface area contributed by atoms with Crippen molar-refractivity contribution < 1.29 is 22.6 Å². The Morgan fingerprint density at radius 2 is 1.74 bits per heavy atom. The third-order valence-corrected chi connectivity index (χ3v) is 6.69. The lowest BCUT2D eigenvalue weighted by molar-refractivity contribution is 0.171. The number of ether oxygens (including phenoxy) is 3. The van der Waals surface area contributed by atoms with Crippen LogP contribution in [0.5, 0.6) is 17.2 Å². The van der Waals surface area contributed by atoms with Crippen LogP contribution in [-0.4, -0.2) is 28.7 Å². The van der Waals surface area contributed by atoms with Crippen LogP contribution in [0.2, 0.25) is 5.02 Å². The first-order valence-corrected chi connectivity index (χ1v) is 11.6.